The molecular weight excluding hydrogens is 266 g/mol. The molecule has 2 rings (SSSR count). The minimum Gasteiger partial charge on any atom is -0.307 e. The van der Waals surface area contributed by atoms with Crippen LogP contribution in [-0.4, -0.2) is 32.7 Å². The van der Waals surface area contributed by atoms with Gasteiger partial charge in [0.15, 0.2) is 0 Å². The van der Waals surface area contributed by atoms with Gasteiger partial charge in [-0.15, -0.1) is 0 Å². The molecule has 2 aromatic rings. The maximum atomic E-state index is 4.59. The summed E-state index contributed by atoms with van der Waals surface area (Å²) in [6.07, 6.45) is 4.14. The van der Waals surface area contributed by atoms with Crippen molar-refractivity contribution in [3.05, 3.63) is 36.3 Å². The summed E-state index contributed by atoms with van der Waals surface area (Å²) in [5.41, 5.74) is 2.15. The summed E-state index contributed by atoms with van der Waals surface area (Å²) in [6, 6.07) is 6.07. The molecule has 86 valence electrons. The molecule has 0 unspecified atom stereocenters. The number of fused-ring (bicyclic) bond motifs is 1. The smallest absolute Gasteiger partial charge is 0.137 e. The van der Waals surface area contributed by atoms with E-state index in [4.69, 9.17) is 0 Å². The first-order chi connectivity index (χ1) is 7.83. The summed E-state index contributed by atoms with van der Waals surface area (Å²) in [5.74, 6) is 0. The quantitative estimate of drug-likeness (QED) is 0.786. The Morgan fingerprint density at radius 2 is 2.31 bits per heavy atom. The van der Waals surface area contributed by atoms with Crippen LogP contribution in [0.1, 0.15) is 12.6 Å². The fourth-order valence-corrected chi connectivity index (χ4v) is 2.26. The van der Waals surface area contributed by atoms with Crippen molar-refractivity contribution >= 4 is 21.6 Å². The largest absolute Gasteiger partial charge is 0.307 e. The van der Waals surface area contributed by atoms with Gasteiger partial charge in [-0.1, -0.05) is 28.9 Å². The molecule has 0 aliphatic heterocycles. The van der Waals surface area contributed by atoms with E-state index in [9.17, 15) is 0 Å². The average Bonchev–Trinajstić information content (AvgIpc) is 2.70. The summed E-state index contributed by atoms with van der Waals surface area (Å²) >= 11 is 3.47. The van der Waals surface area contributed by atoms with Crippen LogP contribution < -0.4 is 0 Å². The Hall–Kier alpha value is -0.870. The SMILES string of the molecule is CCN(CCBr)Cc1cn2ccccc2n1. The molecule has 0 saturated heterocycles. The molecule has 0 radical (unpaired) electrons. The third-order valence-electron chi connectivity index (χ3n) is 2.65. The van der Waals surface area contributed by atoms with E-state index in [0.29, 0.717) is 0 Å². The minimum atomic E-state index is 0.920. The van der Waals surface area contributed by atoms with Crippen LogP contribution in [0.3, 0.4) is 0 Å². The fraction of sp³-hybridized carbons (Fsp3) is 0.417. The highest BCUT2D eigenvalue weighted by molar-refractivity contribution is 9.09. The van der Waals surface area contributed by atoms with Gasteiger partial charge >= 0.3 is 0 Å². The molecule has 0 aliphatic rings. The van der Waals surface area contributed by atoms with Crippen LogP contribution >= 0.6 is 15.9 Å². The van der Waals surface area contributed by atoms with Crippen molar-refractivity contribution < 1.29 is 0 Å². The maximum Gasteiger partial charge on any atom is 0.137 e. The third-order valence-corrected chi connectivity index (χ3v) is 3.00. The van der Waals surface area contributed by atoms with E-state index in [1.54, 1.807) is 0 Å². The Morgan fingerprint density at radius 3 is 3.00 bits per heavy atom. The van der Waals surface area contributed by atoms with E-state index in [2.05, 4.69) is 43.3 Å². The summed E-state index contributed by atoms with van der Waals surface area (Å²) in [6.45, 7) is 5.21. The predicted octanol–water partition coefficient (Wildman–Crippen LogP) is 2.55. The monoisotopic (exact) mass is 281 g/mol. The first-order valence-corrected chi connectivity index (χ1v) is 6.66. The normalized spacial score (nSPS) is 11.4. The molecule has 4 heteroatoms. The number of alkyl halides is 1. The van der Waals surface area contributed by atoms with Gasteiger partial charge in [0.1, 0.15) is 5.65 Å². The van der Waals surface area contributed by atoms with Crippen molar-refractivity contribution in [1.29, 1.82) is 0 Å². The van der Waals surface area contributed by atoms with Crippen LogP contribution in [0.15, 0.2) is 30.6 Å². The number of imidazole rings is 1. The molecule has 3 nitrogen and oxygen atoms in total. The van der Waals surface area contributed by atoms with Crippen molar-refractivity contribution in [2.24, 2.45) is 0 Å². The number of pyridine rings is 1. The van der Waals surface area contributed by atoms with E-state index in [1.807, 2.05) is 24.4 Å². The molecule has 0 amide bonds. The van der Waals surface area contributed by atoms with Crippen molar-refractivity contribution in [3.63, 3.8) is 0 Å². The van der Waals surface area contributed by atoms with E-state index in [-0.39, 0.29) is 0 Å². The van der Waals surface area contributed by atoms with Crippen LogP contribution in [0.4, 0.5) is 0 Å². The average molecular weight is 282 g/mol. The van der Waals surface area contributed by atoms with Gasteiger partial charge in [0.05, 0.1) is 5.69 Å². The molecular formula is C12H16BrN3. The molecule has 0 aliphatic carbocycles. The Kier molecular flexibility index (Phi) is 3.96. The van der Waals surface area contributed by atoms with Gasteiger partial charge in [-0.05, 0) is 18.7 Å². The summed E-state index contributed by atoms with van der Waals surface area (Å²) in [7, 11) is 0. The van der Waals surface area contributed by atoms with Crippen LogP contribution in [0, 0.1) is 0 Å². The molecule has 16 heavy (non-hydrogen) atoms. The molecule has 0 aromatic carbocycles. The highest BCUT2D eigenvalue weighted by Crippen LogP contribution is 2.07. The van der Waals surface area contributed by atoms with E-state index in [1.165, 1.54) is 0 Å². The van der Waals surface area contributed by atoms with Gasteiger partial charge in [-0.3, -0.25) is 4.90 Å². The number of nitrogens with zero attached hydrogens (tertiary/aromatic N) is 3. The second-order valence-electron chi connectivity index (χ2n) is 3.76. The van der Waals surface area contributed by atoms with Crippen LogP contribution in [0.25, 0.3) is 5.65 Å². The molecule has 0 spiro atoms. The molecule has 0 bridgehead atoms. The first kappa shape index (κ1) is 11.6. The van der Waals surface area contributed by atoms with Crippen LogP contribution in [0.2, 0.25) is 0 Å². The first-order valence-electron chi connectivity index (χ1n) is 5.54. The summed E-state index contributed by atoms with van der Waals surface area (Å²) in [4.78, 5) is 6.96. The van der Waals surface area contributed by atoms with Crippen LogP contribution in [0.5, 0.6) is 0 Å². The zero-order chi connectivity index (χ0) is 11.4. The number of halogens is 1. The van der Waals surface area contributed by atoms with Gasteiger partial charge in [-0.25, -0.2) is 4.98 Å². The Morgan fingerprint density at radius 1 is 1.44 bits per heavy atom. The number of aromatic nitrogens is 2. The van der Waals surface area contributed by atoms with Crippen molar-refractivity contribution in [2.45, 2.75) is 13.5 Å². The number of hydrogen-bond donors (Lipinski definition) is 0. The Balaban J connectivity index is 2.14. The fourth-order valence-electron chi connectivity index (χ4n) is 1.76. The molecule has 0 atom stereocenters. The van der Waals surface area contributed by atoms with Crippen molar-refractivity contribution in [3.8, 4) is 0 Å². The Labute approximate surface area is 104 Å². The lowest BCUT2D eigenvalue weighted by Crippen LogP contribution is -2.24. The number of hydrogen-bond acceptors (Lipinski definition) is 2. The van der Waals surface area contributed by atoms with Gasteiger partial charge in [0, 0.05) is 30.8 Å². The zero-order valence-electron chi connectivity index (χ0n) is 9.43. The second-order valence-corrected chi connectivity index (χ2v) is 4.55. The summed E-state index contributed by atoms with van der Waals surface area (Å²) < 4.78 is 2.07. The third kappa shape index (κ3) is 2.62. The molecule has 0 N–H and O–H groups in total. The van der Waals surface area contributed by atoms with Gasteiger partial charge in [0.25, 0.3) is 0 Å². The highest BCUT2D eigenvalue weighted by atomic mass is 79.9. The summed E-state index contributed by atoms with van der Waals surface area (Å²) in [5, 5.41) is 1.01. The Bertz CT molecular complexity index is 419. The van der Waals surface area contributed by atoms with Gasteiger partial charge < -0.3 is 4.40 Å². The lowest BCUT2D eigenvalue weighted by atomic mass is 10.4. The zero-order valence-corrected chi connectivity index (χ0v) is 11.0. The molecule has 2 aromatic heterocycles. The van der Waals surface area contributed by atoms with Crippen molar-refractivity contribution in [2.75, 3.05) is 18.4 Å². The van der Waals surface area contributed by atoms with Gasteiger partial charge in [0.2, 0.25) is 0 Å². The molecule has 0 saturated carbocycles. The standard InChI is InChI=1S/C12H16BrN3/c1-2-15(8-6-13)9-11-10-16-7-4-3-5-12(16)14-11/h3-5,7,10H,2,6,8-9H2,1H3. The predicted molar refractivity (Wildman–Crippen MR) is 69.9 cm³/mol. The number of rotatable bonds is 5. The van der Waals surface area contributed by atoms with E-state index < -0.39 is 0 Å². The second kappa shape index (κ2) is 5.46. The lowest BCUT2D eigenvalue weighted by Gasteiger charge is -2.17. The minimum absolute atomic E-state index is 0.920. The highest BCUT2D eigenvalue weighted by Gasteiger charge is 2.06. The van der Waals surface area contributed by atoms with Crippen molar-refractivity contribution in [1.82, 2.24) is 14.3 Å². The van der Waals surface area contributed by atoms with E-state index >= 15 is 0 Å². The maximum absolute atomic E-state index is 4.59. The lowest BCUT2D eigenvalue weighted by molar-refractivity contribution is 0.296. The topological polar surface area (TPSA) is 20.5 Å². The van der Waals surface area contributed by atoms with Gasteiger partial charge in [-0.2, -0.15) is 0 Å². The van der Waals surface area contributed by atoms with Crippen LogP contribution in [-0.2, 0) is 6.54 Å². The van der Waals surface area contributed by atoms with E-state index in [0.717, 1.165) is 36.3 Å². The molecule has 2 heterocycles. The molecule has 0 fully saturated rings.